The van der Waals surface area contributed by atoms with E-state index in [-0.39, 0.29) is 10.1 Å². The van der Waals surface area contributed by atoms with Crippen LogP contribution in [0.15, 0.2) is 53.4 Å². The molecule has 1 atom stereocenters. The molecule has 1 unspecified atom stereocenters. The Morgan fingerprint density at radius 3 is 2.19 bits per heavy atom. The predicted octanol–water partition coefficient (Wildman–Crippen LogP) is 5.13. The monoisotopic (exact) mass is 407 g/mol. The zero-order valence-corrected chi connectivity index (χ0v) is 14.6. The largest absolute Gasteiger partial charge is 0.430 e. The van der Waals surface area contributed by atoms with Crippen molar-refractivity contribution in [1.29, 1.82) is 0 Å². The topological polar surface area (TPSA) is 32.3 Å². The van der Waals surface area contributed by atoms with E-state index in [1.807, 2.05) is 30.3 Å². The molecule has 1 aliphatic heterocycles. The number of hydrogen-bond donors (Lipinski definition) is 2. The van der Waals surface area contributed by atoms with Gasteiger partial charge in [-0.25, -0.2) is 0 Å². The molecule has 0 aromatic heterocycles. The van der Waals surface area contributed by atoms with Gasteiger partial charge in [0.05, 0.1) is 0 Å². The van der Waals surface area contributed by atoms with Crippen molar-refractivity contribution in [3.8, 4) is 0 Å². The summed E-state index contributed by atoms with van der Waals surface area (Å²) in [5, 5.41) is 12.5. The summed E-state index contributed by atoms with van der Waals surface area (Å²) in [7, 11) is 0. The number of aliphatic hydroxyl groups is 1. The van der Waals surface area contributed by atoms with Gasteiger partial charge >= 0.3 is 12.4 Å². The number of thioether (sulfide) groups is 1. The second kappa shape index (κ2) is 6.94. The van der Waals surface area contributed by atoms with Crippen LogP contribution in [0.2, 0.25) is 0 Å². The molecule has 2 aromatic carbocycles. The normalized spacial score (nSPS) is 18.0. The lowest BCUT2D eigenvalue weighted by atomic mass is 9.92. The third-order valence-corrected chi connectivity index (χ3v) is 5.60. The van der Waals surface area contributed by atoms with E-state index < -0.39 is 23.5 Å². The molecular weight excluding hydrogens is 392 g/mol. The highest BCUT2D eigenvalue weighted by molar-refractivity contribution is 8.00. The van der Waals surface area contributed by atoms with Gasteiger partial charge in [0.25, 0.3) is 5.60 Å². The van der Waals surface area contributed by atoms with E-state index in [0.717, 1.165) is 17.7 Å². The van der Waals surface area contributed by atoms with Gasteiger partial charge in [-0.15, -0.1) is 11.8 Å². The molecule has 0 fully saturated rings. The van der Waals surface area contributed by atoms with Gasteiger partial charge < -0.3 is 10.4 Å². The Hall–Kier alpha value is -1.87. The number of hydrogen-bond acceptors (Lipinski definition) is 3. The highest BCUT2D eigenvalue weighted by Crippen LogP contribution is 2.51. The van der Waals surface area contributed by atoms with Crippen LogP contribution in [0.5, 0.6) is 0 Å². The number of nitrogens with one attached hydrogen (secondary N) is 1. The number of fused-ring (bicyclic) bond motifs is 1. The average Bonchev–Trinajstić information content (AvgIpc) is 2.59. The van der Waals surface area contributed by atoms with E-state index in [9.17, 15) is 31.4 Å². The first kappa shape index (κ1) is 19.9. The maximum absolute atomic E-state index is 13.1. The van der Waals surface area contributed by atoms with Crippen LogP contribution in [0.1, 0.15) is 11.1 Å². The van der Waals surface area contributed by atoms with E-state index in [2.05, 4.69) is 5.32 Å². The van der Waals surface area contributed by atoms with Gasteiger partial charge in [-0.1, -0.05) is 36.4 Å². The molecule has 0 spiro atoms. The van der Waals surface area contributed by atoms with Gasteiger partial charge in [0, 0.05) is 27.9 Å². The minimum atomic E-state index is -5.89. The molecule has 2 nitrogen and oxygen atoms in total. The van der Waals surface area contributed by atoms with Crippen LogP contribution in [0.3, 0.4) is 0 Å². The Kier molecular flexibility index (Phi) is 5.11. The first-order valence-electron chi connectivity index (χ1n) is 7.97. The van der Waals surface area contributed by atoms with Crippen molar-refractivity contribution < 1.29 is 31.4 Å². The van der Waals surface area contributed by atoms with Crippen LogP contribution in [0.25, 0.3) is 0 Å². The Bertz CT molecular complexity index is 792. The number of benzene rings is 2. The van der Waals surface area contributed by atoms with Crippen molar-refractivity contribution in [3.63, 3.8) is 0 Å². The summed E-state index contributed by atoms with van der Waals surface area (Å²) in [4.78, 5) is 0.242. The zero-order valence-electron chi connectivity index (χ0n) is 13.7. The number of rotatable bonds is 3. The molecule has 1 aliphatic rings. The quantitative estimate of drug-likeness (QED) is 0.692. The molecule has 3 rings (SSSR count). The lowest BCUT2D eigenvalue weighted by Crippen LogP contribution is -2.54. The summed E-state index contributed by atoms with van der Waals surface area (Å²) in [6.07, 6.45) is -11.2. The molecule has 0 radical (unpaired) electrons. The summed E-state index contributed by atoms with van der Waals surface area (Å²) in [6.45, 7) is 0.523. The molecule has 0 saturated heterocycles. The molecule has 2 N–H and O–H groups in total. The van der Waals surface area contributed by atoms with Gasteiger partial charge in [0.2, 0.25) is 0 Å². The maximum Gasteiger partial charge on any atom is 0.430 e. The van der Waals surface area contributed by atoms with Crippen molar-refractivity contribution in [2.75, 3.05) is 11.9 Å². The summed E-state index contributed by atoms with van der Waals surface area (Å²) >= 11 is 1.20. The predicted molar refractivity (Wildman–Crippen MR) is 90.7 cm³/mol. The molecule has 0 bridgehead atoms. The third kappa shape index (κ3) is 3.75. The zero-order chi connectivity index (χ0) is 19.9. The first-order chi connectivity index (χ1) is 12.5. The van der Waals surface area contributed by atoms with Crippen molar-refractivity contribution in [2.45, 2.75) is 34.5 Å². The van der Waals surface area contributed by atoms with Crippen LogP contribution in [-0.2, 0) is 12.0 Å². The summed E-state index contributed by atoms with van der Waals surface area (Å²) in [5.74, 6) is 0. The van der Waals surface area contributed by atoms with E-state index >= 15 is 0 Å². The molecule has 1 heterocycles. The fraction of sp³-hybridized carbons (Fsp3) is 0.333. The van der Waals surface area contributed by atoms with Gasteiger partial charge in [0.15, 0.2) is 0 Å². The fourth-order valence-electron chi connectivity index (χ4n) is 2.91. The van der Waals surface area contributed by atoms with Gasteiger partial charge in [-0.3, -0.25) is 0 Å². The lowest BCUT2D eigenvalue weighted by Gasteiger charge is -2.34. The number of alkyl halides is 6. The van der Waals surface area contributed by atoms with Gasteiger partial charge in [-0.05, 0) is 24.1 Å². The van der Waals surface area contributed by atoms with E-state index in [0.29, 0.717) is 24.7 Å². The SMILES string of the molecule is OC(c1ccc2c(c1)SC(Cc1ccccc1)CN2)(C(F)(F)F)C(F)(F)F. The van der Waals surface area contributed by atoms with Crippen LogP contribution < -0.4 is 5.32 Å². The van der Waals surface area contributed by atoms with Gasteiger partial charge in [0.1, 0.15) is 0 Å². The molecule has 0 saturated carbocycles. The van der Waals surface area contributed by atoms with Crippen LogP contribution >= 0.6 is 11.8 Å². The van der Waals surface area contributed by atoms with Crippen LogP contribution in [0.4, 0.5) is 32.0 Å². The standard InChI is InChI=1S/C18H15F6NOS/c19-17(20,21)16(26,18(22,23)24)12-6-7-14-15(9-12)27-13(10-25-14)8-11-4-2-1-3-5-11/h1-7,9,13,25-26H,8,10H2. The van der Waals surface area contributed by atoms with Crippen molar-refractivity contribution >= 4 is 17.4 Å². The molecule has 0 amide bonds. The smallest absolute Gasteiger partial charge is 0.383 e. The fourth-order valence-corrected chi connectivity index (χ4v) is 4.18. The summed E-state index contributed by atoms with van der Waals surface area (Å²) < 4.78 is 78.5. The second-order valence-electron chi connectivity index (χ2n) is 6.23. The Morgan fingerprint density at radius 1 is 0.963 bits per heavy atom. The molecule has 9 heteroatoms. The van der Waals surface area contributed by atoms with Gasteiger partial charge in [-0.2, -0.15) is 26.3 Å². The average molecular weight is 407 g/mol. The maximum atomic E-state index is 13.1. The van der Waals surface area contributed by atoms with E-state index in [1.165, 1.54) is 11.8 Å². The Labute approximate surface area is 155 Å². The van der Waals surface area contributed by atoms with Crippen LogP contribution in [0, 0.1) is 0 Å². The second-order valence-corrected chi connectivity index (χ2v) is 7.57. The number of anilines is 1. The van der Waals surface area contributed by atoms with Crippen molar-refractivity contribution in [1.82, 2.24) is 0 Å². The molecule has 2 aromatic rings. The highest BCUT2D eigenvalue weighted by atomic mass is 32.2. The molecule has 146 valence electrons. The highest BCUT2D eigenvalue weighted by Gasteiger charge is 2.71. The van der Waals surface area contributed by atoms with E-state index in [1.54, 1.807) is 0 Å². The van der Waals surface area contributed by atoms with Crippen molar-refractivity contribution in [2.24, 2.45) is 0 Å². The van der Waals surface area contributed by atoms with E-state index in [4.69, 9.17) is 0 Å². The third-order valence-electron chi connectivity index (χ3n) is 4.34. The minimum absolute atomic E-state index is 0.0694. The summed E-state index contributed by atoms with van der Waals surface area (Å²) in [5.41, 5.74) is -4.70. The molecule has 0 aliphatic carbocycles. The first-order valence-corrected chi connectivity index (χ1v) is 8.85. The molecule has 27 heavy (non-hydrogen) atoms. The summed E-state index contributed by atoms with van der Waals surface area (Å²) in [6, 6.07) is 11.9. The molecular formula is C18H15F6NOS. The van der Waals surface area contributed by atoms with Crippen LogP contribution in [-0.4, -0.2) is 29.3 Å². The number of halogens is 6. The minimum Gasteiger partial charge on any atom is -0.383 e. The Balaban J connectivity index is 1.91. The Morgan fingerprint density at radius 2 is 1.59 bits per heavy atom. The lowest BCUT2D eigenvalue weighted by molar-refractivity contribution is -0.376. The van der Waals surface area contributed by atoms with Crippen molar-refractivity contribution in [3.05, 3.63) is 59.7 Å².